The number of nitrogens with one attached hydrogen (secondary N) is 1. The molecule has 0 amide bonds. The number of nitrogens with zero attached hydrogens (tertiary/aromatic N) is 1. The fourth-order valence-electron chi connectivity index (χ4n) is 4.63. The summed E-state index contributed by atoms with van der Waals surface area (Å²) < 4.78 is 2.08. The molecule has 0 bridgehead atoms. The minimum absolute atomic E-state index is 0.123. The third kappa shape index (κ3) is 6.24. The van der Waals surface area contributed by atoms with E-state index in [-0.39, 0.29) is 12.1 Å². The first-order valence-corrected chi connectivity index (χ1v) is 14.4. The summed E-state index contributed by atoms with van der Waals surface area (Å²) in [5.41, 5.74) is 5.49. The summed E-state index contributed by atoms with van der Waals surface area (Å²) in [7, 11) is 0. The molecule has 5 heteroatoms. The molecule has 0 radical (unpaired) electrons. The Balaban J connectivity index is 1.71. The first-order valence-electron chi connectivity index (χ1n) is 12.4. The molecule has 5 rings (SSSR count). The van der Waals surface area contributed by atoms with E-state index in [4.69, 9.17) is 12.2 Å². The fourth-order valence-corrected chi connectivity index (χ4v) is 5.43. The van der Waals surface area contributed by atoms with Gasteiger partial charge in [0, 0.05) is 25.9 Å². The van der Waals surface area contributed by atoms with Gasteiger partial charge in [0.25, 0.3) is 0 Å². The van der Waals surface area contributed by atoms with E-state index in [1.54, 1.807) is 0 Å². The Labute approximate surface area is 246 Å². The lowest BCUT2D eigenvalue weighted by Gasteiger charge is -2.40. The smallest absolute Gasteiger partial charge is 0.107 e. The summed E-state index contributed by atoms with van der Waals surface area (Å²) in [6, 6.07) is 48.0. The second kappa shape index (κ2) is 12.5. The summed E-state index contributed by atoms with van der Waals surface area (Å²) in [5, 5.41) is 3.76. The third-order valence-corrected chi connectivity index (χ3v) is 7.84. The number of rotatable bonds is 8. The summed E-state index contributed by atoms with van der Waals surface area (Å²) in [6.45, 7) is 0. The van der Waals surface area contributed by atoms with Crippen molar-refractivity contribution in [3.8, 4) is 0 Å². The van der Waals surface area contributed by atoms with E-state index in [9.17, 15) is 0 Å². The zero-order chi connectivity index (χ0) is 26.3. The SMILES string of the molecule is S=C(NC(c1ccccc1)C(c1ccccc1)N(c1ccc(Br)cc1)c1ccc(Br)cc1)c1ccccc1. The van der Waals surface area contributed by atoms with Crippen LogP contribution in [0.5, 0.6) is 0 Å². The molecule has 0 aliphatic carbocycles. The summed E-state index contributed by atoms with van der Waals surface area (Å²) in [5.74, 6) is 0. The lowest BCUT2D eigenvalue weighted by atomic mass is 9.90. The van der Waals surface area contributed by atoms with Gasteiger partial charge in [-0.1, -0.05) is 135 Å². The number of benzene rings is 5. The molecule has 0 saturated carbocycles. The van der Waals surface area contributed by atoms with Crippen LogP contribution in [0.2, 0.25) is 0 Å². The van der Waals surface area contributed by atoms with Crippen LogP contribution in [-0.4, -0.2) is 4.99 Å². The highest BCUT2D eigenvalue weighted by molar-refractivity contribution is 9.10. The van der Waals surface area contributed by atoms with E-state index in [1.807, 2.05) is 18.2 Å². The molecule has 5 aromatic carbocycles. The molecular formula is C33H26Br2N2S. The van der Waals surface area contributed by atoms with Crippen LogP contribution in [0.1, 0.15) is 28.8 Å². The maximum absolute atomic E-state index is 5.98. The van der Waals surface area contributed by atoms with Crippen LogP contribution >= 0.6 is 44.1 Å². The first kappa shape index (κ1) is 26.4. The van der Waals surface area contributed by atoms with Crippen LogP contribution in [0.4, 0.5) is 11.4 Å². The second-order valence-electron chi connectivity index (χ2n) is 8.91. The highest BCUT2D eigenvalue weighted by Gasteiger charge is 2.32. The van der Waals surface area contributed by atoms with Crippen molar-refractivity contribution in [2.75, 3.05) is 4.90 Å². The molecular weight excluding hydrogens is 616 g/mol. The maximum Gasteiger partial charge on any atom is 0.107 e. The van der Waals surface area contributed by atoms with Gasteiger partial charge in [-0.05, 0) is 59.7 Å². The quantitative estimate of drug-likeness (QED) is 0.170. The van der Waals surface area contributed by atoms with Crippen LogP contribution in [0, 0.1) is 0 Å². The van der Waals surface area contributed by atoms with Crippen LogP contribution < -0.4 is 10.2 Å². The van der Waals surface area contributed by atoms with E-state index in [1.165, 1.54) is 5.56 Å². The average molecular weight is 642 g/mol. The number of hydrogen-bond donors (Lipinski definition) is 1. The standard InChI is InChI=1S/C33H26Br2N2S/c34-27-16-20-29(21-17-27)37(30-22-18-28(35)19-23-30)32(25-12-6-2-7-13-25)31(24-10-4-1-5-11-24)36-33(38)26-14-8-3-9-15-26/h1-23,31-32H,(H,36,38). The molecule has 0 aromatic heterocycles. The normalized spacial score (nSPS) is 12.4. The minimum atomic E-state index is -0.154. The highest BCUT2D eigenvalue weighted by atomic mass is 79.9. The van der Waals surface area contributed by atoms with Crippen molar-refractivity contribution in [2.24, 2.45) is 0 Å². The molecule has 5 aromatic rings. The van der Waals surface area contributed by atoms with Gasteiger partial charge in [0.2, 0.25) is 0 Å². The van der Waals surface area contributed by atoms with Crippen molar-refractivity contribution in [3.05, 3.63) is 165 Å². The molecule has 0 spiro atoms. The van der Waals surface area contributed by atoms with Crippen LogP contribution in [0.25, 0.3) is 0 Å². The number of anilines is 2. The highest BCUT2D eigenvalue weighted by Crippen LogP contribution is 2.43. The Morgan fingerprint density at radius 1 is 0.553 bits per heavy atom. The predicted molar refractivity (Wildman–Crippen MR) is 170 cm³/mol. The predicted octanol–water partition coefficient (Wildman–Crippen LogP) is 9.80. The molecule has 188 valence electrons. The lowest BCUT2D eigenvalue weighted by Crippen LogP contribution is -2.39. The molecule has 0 aliphatic rings. The monoisotopic (exact) mass is 640 g/mol. The van der Waals surface area contributed by atoms with Gasteiger partial charge in [-0.3, -0.25) is 0 Å². The molecule has 38 heavy (non-hydrogen) atoms. The van der Waals surface area contributed by atoms with Gasteiger partial charge in [0.15, 0.2) is 0 Å². The van der Waals surface area contributed by atoms with Gasteiger partial charge < -0.3 is 10.2 Å². The van der Waals surface area contributed by atoms with Gasteiger partial charge in [-0.15, -0.1) is 0 Å². The van der Waals surface area contributed by atoms with Crippen molar-refractivity contribution in [3.63, 3.8) is 0 Å². The largest absolute Gasteiger partial charge is 0.367 e. The van der Waals surface area contributed by atoms with Gasteiger partial charge in [-0.2, -0.15) is 0 Å². The van der Waals surface area contributed by atoms with Crippen molar-refractivity contribution in [2.45, 2.75) is 12.1 Å². The molecule has 2 unspecified atom stereocenters. The van der Waals surface area contributed by atoms with Gasteiger partial charge >= 0.3 is 0 Å². The lowest BCUT2D eigenvalue weighted by molar-refractivity contribution is 0.517. The van der Waals surface area contributed by atoms with Gasteiger partial charge in [-0.25, -0.2) is 0 Å². The van der Waals surface area contributed by atoms with Crippen LogP contribution in [0.3, 0.4) is 0 Å². The van der Waals surface area contributed by atoms with Crippen molar-refractivity contribution in [1.82, 2.24) is 5.32 Å². The van der Waals surface area contributed by atoms with Crippen molar-refractivity contribution < 1.29 is 0 Å². The zero-order valence-electron chi connectivity index (χ0n) is 20.5. The Hall–Kier alpha value is -3.25. The molecule has 2 nitrogen and oxygen atoms in total. The van der Waals surface area contributed by atoms with Crippen LogP contribution in [0.15, 0.2) is 148 Å². The number of hydrogen-bond acceptors (Lipinski definition) is 2. The Bertz CT molecular complexity index is 1410. The van der Waals surface area contributed by atoms with Gasteiger partial charge in [0.05, 0.1) is 12.1 Å². The number of thiocarbonyl (C=S) groups is 1. The molecule has 0 fully saturated rings. The maximum atomic E-state index is 5.98. The summed E-state index contributed by atoms with van der Waals surface area (Å²) in [6.07, 6.45) is 0. The number of halogens is 2. The Morgan fingerprint density at radius 3 is 1.45 bits per heavy atom. The van der Waals surface area contributed by atoms with E-state index in [0.29, 0.717) is 4.99 Å². The average Bonchev–Trinajstić information content (AvgIpc) is 2.97. The topological polar surface area (TPSA) is 15.3 Å². The summed E-state index contributed by atoms with van der Waals surface area (Å²) >= 11 is 13.2. The minimum Gasteiger partial charge on any atom is -0.367 e. The van der Waals surface area contributed by atoms with E-state index >= 15 is 0 Å². The van der Waals surface area contributed by atoms with Crippen LogP contribution in [-0.2, 0) is 0 Å². The Morgan fingerprint density at radius 2 is 0.974 bits per heavy atom. The van der Waals surface area contributed by atoms with E-state index in [2.05, 4.69) is 163 Å². The molecule has 0 heterocycles. The first-order chi connectivity index (χ1) is 18.6. The molecule has 1 N–H and O–H groups in total. The van der Waals surface area contributed by atoms with E-state index < -0.39 is 0 Å². The molecule has 0 aliphatic heterocycles. The van der Waals surface area contributed by atoms with E-state index in [0.717, 1.165) is 31.4 Å². The molecule has 2 atom stereocenters. The fraction of sp³-hybridized carbons (Fsp3) is 0.0606. The third-order valence-electron chi connectivity index (χ3n) is 6.43. The Kier molecular flexibility index (Phi) is 8.69. The summed E-state index contributed by atoms with van der Waals surface area (Å²) in [4.78, 5) is 3.11. The zero-order valence-corrected chi connectivity index (χ0v) is 24.5. The van der Waals surface area contributed by atoms with Crippen molar-refractivity contribution >= 4 is 60.4 Å². The second-order valence-corrected chi connectivity index (χ2v) is 11.1. The van der Waals surface area contributed by atoms with Gasteiger partial charge in [0.1, 0.15) is 4.99 Å². The molecule has 0 saturated heterocycles. The van der Waals surface area contributed by atoms with Crippen molar-refractivity contribution in [1.29, 1.82) is 0 Å².